The van der Waals surface area contributed by atoms with Gasteiger partial charge < -0.3 is 15.9 Å². The molecule has 10 nitrogen and oxygen atoms in total. The van der Waals surface area contributed by atoms with Crippen LogP contribution in [0.15, 0.2) is 12.1 Å². The Balaban J connectivity index is 3.43. The molecule has 1 unspecified atom stereocenters. The number of carboxylic acids is 1. The first-order valence-electron chi connectivity index (χ1n) is 4.87. The number of phenolic OH excluding ortho intramolecular Hbond substituents is 1. The van der Waals surface area contributed by atoms with E-state index in [4.69, 9.17) is 10.8 Å². The molecule has 0 spiro atoms. The molecule has 0 heterocycles. The van der Waals surface area contributed by atoms with E-state index in [2.05, 4.69) is 0 Å². The van der Waals surface area contributed by atoms with Gasteiger partial charge in [0, 0.05) is 6.42 Å². The quantitative estimate of drug-likeness (QED) is 0.502. The van der Waals surface area contributed by atoms with E-state index in [-0.39, 0.29) is 0 Å². The molecule has 102 valence electrons. The maximum atomic E-state index is 10.8. The summed E-state index contributed by atoms with van der Waals surface area (Å²) >= 11 is 0. The van der Waals surface area contributed by atoms with Crippen LogP contribution in [0.2, 0.25) is 0 Å². The highest BCUT2D eigenvalue weighted by atomic mass is 16.6. The van der Waals surface area contributed by atoms with Crippen molar-refractivity contribution < 1.29 is 24.9 Å². The average molecular weight is 271 g/mol. The molecular weight excluding hydrogens is 262 g/mol. The number of nitro benzene ring substituents is 2. The molecule has 10 heteroatoms. The maximum absolute atomic E-state index is 10.8. The first-order chi connectivity index (χ1) is 8.73. The Kier molecular flexibility index (Phi) is 3.97. The Bertz CT molecular complexity index is 522. The molecule has 0 aromatic heterocycles. The summed E-state index contributed by atoms with van der Waals surface area (Å²) in [6, 6.07) is -0.115. The SMILES string of the molecule is NC(Cc1c([N+](=O)[O-])cc(O)cc1[N+](=O)[O-])C(=O)O. The summed E-state index contributed by atoms with van der Waals surface area (Å²) in [7, 11) is 0. The molecule has 1 aromatic carbocycles. The molecule has 0 bridgehead atoms. The number of benzene rings is 1. The third kappa shape index (κ3) is 3.13. The van der Waals surface area contributed by atoms with E-state index in [0.717, 1.165) is 0 Å². The Labute approximate surface area is 105 Å². The number of nitrogens with zero attached hydrogens (tertiary/aromatic N) is 2. The fourth-order valence-electron chi connectivity index (χ4n) is 1.47. The van der Waals surface area contributed by atoms with E-state index < -0.39 is 51.0 Å². The molecule has 0 fully saturated rings. The number of hydrogen-bond donors (Lipinski definition) is 3. The van der Waals surface area contributed by atoms with Crippen LogP contribution in [0.5, 0.6) is 5.75 Å². The lowest BCUT2D eigenvalue weighted by atomic mass is 10.0. The third-order valence-electron chi connectivity index (χ3n) is 2.32. The molecule has 1 aromatic rings. The second-order valence-electron chi connectivity index (χ2n) is 3.63. The molecule has 0 amide bonds. The number of carbonyl (C=O) groups is 1. The highest BCUT2D eigenvalue weighted by Gasteiger charge is 2.29. The van der Waals surface area contributed by atoms with Crippen LogP contribution in [-0.4, -0.2) is 32.1 Å². The van der Waals surface area contributed by atoms with Crippen molar-refractivity contribution in [1.82, 2.24) is 0 Å². The van der Waals surface area contributed by atoms with Gasteiger partial charge in [-0.3, -0.25) is 25.0 Å². The van der Waals surface area contributed by atoms with Crippen LogP contribution < -0.4 is 5.73 Å². The standard InChI is InChI=1S/C9H9N3O7/c10-6(9(14)15)3-5-7(11(16)17)1-4(13)2-8(5)12(18)19/h1-2,6,13H,3,10H2,(H,14,15). The highest BCUT2D eigenvalue weighted by molar-refractivity contribution is 5.74. The largest absolute Gasteiger partial charge is 0.507 e. The first-order valence-corrected chi connectivity index (χ1v) is 4.87. The van der Waals surface area contributed by atoms with Gasteiger partial charge in [-0.15, -0.1) is 0 Å². The van der Waals surface area contributed by atoms with Crippen molar-refractivity contribution in [2.75, 3.05) is 0 Å². The molecule has 0 saturated heterocycles. The Morgan fingerprint density at radius 2 is 1.68 bits per heavy atom. The van der Waals surface area contributed by atoms with Gasteiger partial charge in [0.05, 0.1) is 22.0 Å². The van der Waals surface area contributed by atoms with Crippen molar-refractivity contribution >= 4 is 17.3 Å². The molecule has 1 rings (SSSR count). The topological polar surface area (TPSA) is 170 Å². The second-order valence-corrected chi connectivity index (χ2v) is 3.63. The zero-order chi connectivity index (χ0) is 14.7. The third-order valence-corrected chi connectivity index (χ3v) is 2.32. The predicted molar refractivity (Wildman–Crippen MR) is 60.7 cm³/mol. The van der Waals surface area contributed by atoms with Gasteiger partial charge in [0.2, 0.25) is 0 Å². The van der Waals surface area contributed by atoms with Crippen LogP contribution in [0.1, 0.15) is 5.56 Å². The Morgan fingerprint density at radius 3 is 2.00 bits per heavy atom. The number of nitrogens with two attached hydrogens (primary N) is 1. The average Bonchev–Trinajstić information content (AvgIpc) is 2.29. The van der Waals surface area contributed by atoms with Crippen molar-refractivity contribution in [2.24, 2.45) is 5.73 Å². The highest BCUT2D eigenvalue weighted by Crippen LogP contribution is 2.33. The summed E-state index contributed by atoms with van der Waals surface area (Å²) in [6.45, 7) is 0. The monoisotopic (exact) mass is 271 g/mol. The first kappa shape index (κ1) is 14.3. The van der Waals surface area contributed by atoms with E-state index >= 15 is 0 Å². The number of carboxylic acid groups (broad SMARTS) is 1. The van der Waals surface area contributed by atoms with Crippen molar-refractivity contribution in [3.05, 3.63) is 37.9 Å². The van der Waals surface area contributed by atoms with Crippen LogP contribution in [0.4, 0.5) is 11.4 Å². The van der Waals surface area contributed by atoms with E-state index in [1.807, 2.05) is 0 Å². The smallest absolute Gasteiger partial charge is 0.320 e. The Hall–Kier alpha value is -2.75. The number of phenols is 1. The summed E-state index contributed by atoms with van der Waals surface area (Å²) in [4.78, 5) is 30.3. The van der Waals surface area contributed by atoms with Crippen molar-refractivity contribution in [3.63, 3.8) is 0 Å². The van der Waals surface area contributed by atoms with Crippen LogP contribution in [-0.2, 0) is 11.2 Å². The molecular formula is C9H9N3O7. The van der Waals surface area contributed by atoms with Gasteiger partial charge in [-0.05, 0) is 0 Å². The van der Waals surface area contributed by atoms with E-state index in [1.165, 1.54) is 0 Å². The van der Waals surface area contributed by atoms with Gasteiger partial charge in [-0.25, -0.2) is 0 Å². The predicted octanol–water partition coefficient (Wildman–Crippen LogP) is 0.163. The minimum absolute atomic E-state index is 0.442. The van der Waals surface area contributed by atoms with Gasteiger partial charge in [0.15, 0.2) is 0 Å². The van der Waals surface area contributed by atoms with Gasteiger partial charge in [-0.2, -0.15) is 0 Å². The zero-order valence-corrected chi connectivity index (χ0v) is 9.35. The lowest BCUT2D eigenvalue weighted by molar-refractivity contribution is -0.395. The van der Waals surface area contributed by atoms with E-state index in [0.29, 0.717) is 12.1 Å². The molecule has 0 aliphatic rings. The normalized spacial score (nSPS) is 11.8. The lowest BCUT2D eigenvalue weighted by Gasteiger charge is -2.08. The molecule has 0 aliphatic carbocycles. The number of hydrogen-bond acceptors (Lipinski definition) is 7. The van der Waals surface area contributed by atoms with Crippen LogP contribution in [0.25, 0.3) is 0 Å². The van der Waals surface area contributed by atoms with Gasteiger partial charge in [-0.1, -0.05) is 0 Å². The van der Waals surface area contributed by atoms with Crippen LogP contribution >= 0.6 is 0 Å². The number of nitro groups is 2. The summed E-state index contributed by atoms with van der Waals surface area (Å²) in [5, 5.41) is 39.4. The molecule has 4 N–H and O–H groups in total. The van der Waals surface area contributed by atoms with E-state index in [1.54, 1.807) is 0 Å². The summed E-state index contributed by atoms with van der Waals surface area (Å²) in [5.74, 6) is -2.11. The lowest BCUT2D eigenvalue weighted by Crippen LogP contribution is -2.32. The van der Waals surface area contributed by atoms with Gasteiger partial charge >= 0.3 is 5.97 Å². The molecule has 1 atom stereocenters. The van der Waals surface area contributed by atoms with Crippen molar-refractivity contribution in [3.8, 4) is 5.75 Å². The number of aromatic hydroxyl groups is 1. The Morgan fingerprint density at radius 1 is 1.26 bits per heavy atom. The minimum Gasteiger partial charge on any atom is -0.507 e. The van der Waals surface area contributed by atoms with E-state index in [9.17, 15) is 30.1 Å². The summed E-state index contributed by atoms with van der Waals surface area (Å²) < 4.78 is 0. The molecule has 0 aliphatic heterocycles. The van der Waals surface area contributed by atoms with Gasteiger partial charge in [0.25, 0.3) is 11.4 Å². The van der Waals surface area contributed by atoms with Crippen LogP contribution in [0, 0.1) is 20.2 Å². The minimum atomic E-state index is -1.53. The number of rotatable bonds is 5. The zero-order valence-electron chi connectivity index (χ0n) is 9.35. The van der Waals surface area contributed by atoms with Crippen molar-refractivity contribution in [2.45, 2.75) is 12.5 Å². The molecule has 0 saturated carbocycles. The fourth-order valence-corrected chi connectivity index (χ4v) is 1.47. The second kappa shape index (κ2) is 5.27. The fraction of sp³-hybridized carbons (Fsp3) is 0.222. The molecule has 19 heavy (non-hydrogen) atoms. The maximum Gasteiger partial charge on any atom is 0.320 e. The van der Waals surface area contributed by atoms with Crippen molar-refractivity contribution in [1.29, 1.82) is 0 Å². The summed E-state index contributed by atoms with van der Waals surface area (Å²) in [5.41, 5.74) is 3.28. The molecule has 0 radical (unpaired) electrons. The number of aliphatic carboxylic acids is 1. The van der Waals surface area contributed by atoms with Crippen LogP contribution in [0.3, 0.4) is 0 Å². The van der Waals surface area contributed by atoms with Gasteiger partial charge in [0.1, 0.15) is 17.4 Å². The summed E-state index contributed by atoms with van der Waals surface area (Å²) in [6.07, 6.45) is -0.595.